The van der Waals surface area contributed by atoms with Crippen molar-refractivity contribution in [2.45, 2.75) is 6.92 Å². The van der Waals surface area contributed by atoms with E-state index in [1.165, 1.54) is 30.3 Å². The molecule has 0 unspecified atom stereocenters. The summed E-state index contributed by atoms with van der Waals surface area (Å²) in [6, 6.07) is 10.3. The minimum absolute atomic E-state index is 0.0900. The Hall–Kier alpha value is -4.51. The maximum absolute atomic E-state index is 13.4. The van der Waals surface area contributed by atoms with Gasteiger partial charge in [-0.05, 0) is 55.0 Å². The maximum atomic E-state index is 13.4. The molecule has 2 aromatic heterocycles. The van der Waals surface area contributed by atoms with E-state index in [9.17, 15) is 18.8 Å². The number of hydrogen-bond donors (Lipinski definition) is 1. The molecule has 11 heteroatoms. The average molecular weight is 507 g/mol. The van der Waals surface area contributed by atoms with E-state index in [2.05, 4.69) is 10.4 Å². The van der Waals surface area contributed by atoms with Crippen LogP contribution in [0.2, 0.25) is 0 Å². The standard InChI is InChI=1S/C25H18FN3O6S/c1-2-33-25(32)22-17-12-36-23(21(17)24(31)29(28-22)16-7-5-15(26)6-8-16)27-20(30)10-4-14-3-9-18-19(11-14)35-13-34-18/h3-12H,2,13H2,1H3,(H,27,30)/b10-4+. The van der Waals surface area contributed by atoms with E-state index in [0.717, 1.165) is 21.6 Å². The zero-order valence-electron chi connectivity index (χ0n) is 18.8. The van der Waals surface area contributed by atoms with Crippen molar-refractivity contribution in [2.24, 2.45) is 0 Å². The first-order valence-corrected chi connectivity index (χ1v) is 11.7. The third kappa shape index (κ3) is 4.43. The van der Waals surface area contributed by atoms with Crippen LogP contribution in [0.5, 0.6) is 11.5 Å². The number of nitrogens with zero attached hydrogens (tertiary/aromatic N) is 2. The number of aromatic nitrogens is 2. The van der Waals surface area contributed by atoms with Crippen molar-refractivity contribution in [3.63, 3.8) is 0 Å². The van der Waals surface area contributed by atoms with E-state index < -0.39 is 23.3 Å². The summed E-state index contributed by atoms with van der Waals surface area (Å²) in [5.41, 5.74) is 0.294. The number of halogens is 1. The summed E-state index contributed by atoms with van der Waals surface area (Å²) < 4.78 is 30.1. The van der Waals surface area contributed by atoms with Gasteiger partial charge in [-0.1, -0.05) is 6.07 Å². The number of benzene rings is 2. The molecule has 0 spiro atoms. The lowest BCUT2D eigenvalue weighted by Crippen LogP contribution is -2.25. The number of carbonyl (C=O) groups excluding carboxylic acids is 2. The first-order valence-electron chi connectivity index (χ1n) is 10.8. The molecule has 0 aliphatic carbocycles. The van der Waals surface area contributed by atoms with E-state index >= 15 is 0 Å². The topological polar surface area (TPSA) is 109 Å². The highest BCUT2D eigenvalue weighted by Crippen LogP contribution is 2.33. The second-order valence-electron chi connectivity index (χ2n) is 7.55. The number of nitrogens with one attached hydrogen (secondary N) is 1. The summed E-state index contributed by atoms with van der Waals surface area (Å²) >= 11 is 1.08. The van der Waals surface area contributed by atoms with Crippen LogP contribution in [0.1, 0.15) is 23.0 Å². The average Bonchev–Trinajstić information content (AvgIpc) is 3.51. The fraction of sp³-hybridized carbons (Fsp3) is 0.120. The van der Waals surface area contributed by atoms with Crippen molar-refractivity contribution in [3.05, 3.63) is 81.3 Å². The van der Waals surface area contributed by atoms with Crippen LogP contribution in [0.4, 0.5) is 9.39 Å². The third-order valence-corrected chi connectivity index (χ3v) is 6.15. The molecule has 5 rings (SSSR count). The molecular formula is C25H18FN3O6S. The van der Waals surface area contributed by atoms with E-state index in [-0.39, 0.29) is 40.6 Å². The second kappa shape index (κ2) is 9.62. The van der Waals surface area contributed by atoms with Crippen LogP contribution in [0.25, 0.3) is 22.5 Å². The lowest BCUT2D eigenvalue weighted by Gasteiger charge is -2.09. The molecule has 0 bridgehead atoms. The van der Waals surface area contributed by atoms with Crippen molar-refractivity contribution >= 4 is 45.1 Å². The van der Waals surface area contributed by atoms with Crippen molar-refractivity contribution in [1.82, 2.24) is 9.78 Å². The van der Waals surface area contributed by atoms with Crippen LogP contribution in [0.3, 0.4) is 0 Å². The molecule has 1 aliphatic heterocycles. The molecule has 0 saturated carbocycles. The van der Waals surface area contributed by atoms with Gasteiger partial charge in [0.2, 0.25) is 12.7 Å². The van der Waals surface area contributed by atoms with E-state index in [1.54, 1.807) is 36.6 Å². The lowest BCUT2D eigenvalue weighted by atomic mass is 10.2. The Kier molecular flexibility index (Phi) is 6.21. The van der Waals surface area contributed by atoms with Crippen LogP contribution in [-0.2, 0) is 9.53 Å². The van der Waals surface area contributed by atoms with E-state index in [4.69, 9.17) is 14.2 Å². The third-order valence-electron chi connectivity index (χ3n) is 5.25. The first-order chi connectivity index (χ1) is 17.4. The molecule has 0 saturated heterocycles. The Labute approximate surface area is 207 Å². The fourth-order valence-electron chi connectivity index (χ4n) is 3.59. The summed E-state index contributed by atoms with van der Waals surface area (Å²) in [6.07, 6.45) is 2.91. The minimum atomic E-state index is -0.725. The highest BCUT2D eigenvalue weighted by atomic mass is 32.1. The summed E-state index contributed by atoms with van der Waals surface area (Å²) in [7, 11) is 0. The lowest BCUT2D eigenvalue weighted by molar-refractivity contribution is -0.111. The quantitative estimate of drug-likeness (QED) is 0.309. The first kappa shape index (κ1) is 23.2. The smallest absolute Gasteiger partial charge is 0.359 e. The molecule has 3 heterocycles. The number of fused-ring (bicyclic) bond motifs is 2. The van der Waals surface area contributed by atoms with E-state index in [0.29, 0.717) is 11.5 Å². The van der Waals surface area contributed by atoms with Crippen molar-refractivity contribution in [2.75, 3.05) is 18.7 Å². The van der Waals surface area contributed by atoms with Gasteiger partial charge in [-0.25, -0.2) is 9.18 Å². The molecule has 2 aromatic carbocycles. The summed E-state index contributed by atoms with van der Waals surface area (Å²) in [5, 5.41) is 9.01. The zero-order valence-corrected chi connectivity index (χ0v) is 19.6. The van der Waals surface area contributed by atoms with Crippen LogP contribution in [-0.4, -0.2) is 35.1 Å². The van der Waals surface area contributed by atoms with E-state index in [1.807, 2.05) is 0 Å². The Balaban J connectivity index is 1.51. The Morgan fingerprint density at radius 1 is 1.19 bits per heavy atom. The molecule has 0 atom stereocenters. The normalized spacial score (nSPS) is 12.3. The fourth-order valence-corrected chi connectivity index (χ4v) is 4.53. The maximum Gasteiger partial charge on any atom is 0.359 e. The van der Waals surface area contributed by atoms with Gasteiger partial charge in [0.05, 0.1) is 17.7 Å². The Bertz CT molecular complexity index is 1580. The highest BCUT2D eigenvalue weighted by Gasteiger charge is 2.23. The number of amides is 1. The minimum Gasteiger partial charge on any atom is -0.461 e. The van der Waals surface area contributed by atoms with Crippen molar-refractivity contribution < 1.29 is 28.2 Å². The number of anilines is 1. The number of rotatable bonds is 6. The summed E-state index contributed by atoms with van der Waals surface area (Å²) in [5.74, 6) is -0.487. The van der Waals surface area contributed by atoms with Crippen molar-refractivity contribution in [3.8, 4) is 17.2 Å². The highest BCUT2D eigenvalue weighted by molar-refractivity contribution is 7.16. The SMILES string of the molecule is CCOC(=O)c1nn(-c2ccc(F)cc2)c(=O)c2c(NC(=O)/C=C/c3ccc4c(c3)OCO4)scc12. The molecule has 36 heavy (non-hydrogen) atoms. The molecule has 4 aromatic rings. The predicted octanol–water partition coefficient (Wildman–Crippen LogP) is 4.14. The Morgan fingerprint density at radius 3 is 2.75 bits per heavy atom. The number of carbonyl (C=O) groups is 2. The summed E-state index contributed by atoms with van der Waals surface area (Å²) in [4.78, 5) is 38.7. The molecule has 0 radical (unpaired) electrons. The number of esters is 1. The van der Waals surface area contributed by atoms with Gasteiger partial charge in [0.25, 0.3) is 5.56 Å². The van der Waals surface area contributed by atoms with Gasteiger partial charge in [0, 0.05) is 16.8 Å². The van der Waals surface area contributed by atoms with Gasteiger partial charge in [-0.3, -0.25) is 9.59 Å². The molecule has 1 amide bonds. The van der Waals surface area contributed by atoms with Gasteiger partial charge in [0.1, 0.15) is 10.8 Å². The molecule has 9 nitrogen and oxygen atoms in total. The zero-order chi connectivity index (χ0) is 25.2. The number of ether oxygens (including phenoxy) is 3. The van der Waals surface area contributed by atoms with Gasteiger partial charge in [-0.15, -0.1) is 11.3 Å². The summed E-state index contributed by atoms with van der Waals surface area (Å²) in [6.45, 7) is 1.90. The van der Waals surface area contributed by atoms with Crippen LogP contribution in [0, 0.1) is 5.82 Å². The van der Waals surface area contributed by atoms with Gasteiger partial charge in [0.15, 0.2) is 17.2 Å². The Morgan fingerprint density at radius 2 is 1.97 bits per heavy atom. The molecule has 1 aliphatic rings. The van der Waals surface area contributed by atoms with Gasteiger partial charge in [-0.2, -0.15) is 9.78 Å². The molecule has 182 valence electrons. The number of thiophene rings is 1. The molecule has 0 fully saturated rings. The predicted molar refractivity (Wildman–Crippen MR) is 131 cm³/mol. The second-order valence-corrected chi connectivity index (χ2v) is 8.43. The molecule has 1 N–H and O–H groups in total. The largest absolute Gasteiger partial charge is 0.461 e. The number of hydrogen-bond acceptors (Lipinski definition) is 8. The van der Waals surface area contributed by atoms with Gasteiger partial charge >= 0.3 is 5.97 Å². The monoisotopic (exact) mass is 507 g/mol. The van der Waals surface area contributed by atoms with Crippen LogP contribution < -0.4 is 20.3 Å². The van der Waals surface area contributed by atoms with Crippen LogP contribution in [0.15, 0.2) is 58.7 Å². The van der Waals surface area contributed by atoms with Crippen molar-refractivity contribution in [1.29, 1.82) is 0 Å². The molecular weight excluding hydrogens is 489 g/mol. The van der Waals surface area contributed by atoms with Crippen LogP contribution >= 0.6 is 11.3 Å². The van der Waals surface area contributed by atoms with Gasteiger partial charge < -0.3 is 19.5 Å².